The Morgan fingerprint density at radius 2 is 2.37 bits per heavy atom. The molecule has 1 aromatic carbocycles. The highest BCUT2D eigenvalue weighted by Crippen LogP contribution is 2.20. The maximum absolute atomic E-state index is 12.3. The number of hydrogen-bond donors (Lipinski definition) is 1. The second-order valence-corrected chi connectivity index (χ2v) is 5.82. The molecule has 19 heavy (non-hydrogen) atoms. The summed E-state index contributed by atoms with van der Waals surface area (Å²) < 4.78 is 6.62. The van der Waals surface area contributed by atoms with Gasteiger partial charge in [0.05, 0.1) is 0 Å². The summed E-state index contributed by atoms with van der Waals surface area (Å²) in [6.45, 7) is 3.19. The van der Waals surface area contributed by atoms with Crippen LogP contribution in [0.3, 0.4) is 0 Å². The van der Waals surface area contributed by atoms with Gasteiger partial charge in [-0.25, -0.2) is 0 Å². The van der Waals surface area contributed by atoms with Crippen molar-refractivity contribution >= 4 is 21.8 Å². The van der Waals surface area contributed by atoms with E-state index in [0.29, 0.717) is 12.3 Å². The van der Waals surface area contributed by atoms with Gasteiger partial charge in [0.1, 0.15) is 5.75 Å². The second kappa shape index (κ2) is 6.39. The Labute approximate surface area is 122 Å². The minimum absolute atomic E-state index is 0.00938. The lowest BCUT2D eigenvalue weighted by Crippen LogP contribution is -2.49. The van der Waals surface area contributed by atoms with Crippen LogP contribution in [0.4, 0.5) is 0 Å². The number of nitrogens with zero attached hydrogens (tertiary/aromatic N) is 1. The van der Waals surface area contributed by atoms with Crippen LogP contribution in [-0.2, 0) is 4.79 Å². The zero-order chi connectivity index (χ0) is 13.8. The van der Waals surface area contributed by atoms with Gasteiger partial charge in [0.25, 0.3) is 5.91 Å². The Balaban J connectivity index is 1.95. The fraction of sp³-hybridized carbons (Fsp3) is 0.500. The quantitative estimate of drug-likeness (QED) is 0.926. The third-order valence-corrected chi connectivity index (χ3v) is 3.72. The van der Waals surface area contributed by atoms with Crippen molar-refractivity contribution in [2.45, 2.75) is 31.9 Å². The minimum atomic E-state index is -0.486. The molecule has 0 spiro atoms. The number of hydrogen-bond acceptors (Lipinski definition) is 3. The van der Waals surface area contributed by atoms with Gasteiger partial charge in [0.2, 0.25) is 0 Å². The first kappa shape index (κ1) is 14.3. The second-order valence-electron chi connectivity index (χ2n) is 4.90. The van der Waals surface area contributed by atoms with E-state index in [-0.39, 0.29) is 11.9 Å². The van der Waals surface area contributed by atoms with Crippen molar-refractivity contribution < 1.29 is 9.53 Å². The summed E-state index contributed by atoms with van der Waals surface area (Å²) in [7, 11) is 0. The maximum Gasteiger partial charge on any atom is 0.263 e. The SMILES string of the molecule is CC(Oc1cccc(Br)c1)C(=O)N1CCCC(N)C1. The summed E-state index contributed by atoms with van der Waals surface area (Å²) >= 11 is 3.38. The average Bonchev–Trinajstić information content (AvgIpc) is 2.38. The standard InChI is InChI=1S/C14H19BrN2O2/c1-10(19-13-6-2-4-11(15)8-13)14(18)17-7-3-5-12(16)9-17/h2,4,6,8,10,12H,3,5,7,9,16H2,1H3. The third kappa shape index (κ3) is 3.94. The maximum atomic E-state index is 12.3. The van der Waals surface area contributed by atoms with Crippen molar-refractivity contribution in [3.8, 4) is 5.75 Å². The van der Waals surface area contributed by atoms with E-state index in [9.17, 15) is 4.79 Å². The average molecular weight is 327 g/mol. The molecule has 0 aromatic heterocycles. The first-order valence-electron chi connectivity index (χ1n) is 6.53. The van der Waals surface area contributed by atoms with Crippen molar-refractivity contribution in [3.63, 3.8) is 0 Å². The summed E-state index contributed by atoms with van der Waals surface area (Å²) in [6, 6.07) is 7.59. The third-order valence-electron chi connectivity index (χ3n) is 3.23. The van der Waals surface area contributed by atoms with E-state index >= 15 is 0 Å². The number of carbonyl (C=O) groups is 1. The van der Waals surface area contributed by atoms with Gasteiger partial charge in [0.15, 0.2) is 6.10 Å². The van der Waals surface area contributed by atoms with Crippen LogP contribution in [-0.4, -0.2) is 36.0 Å². The van der Waals surface area contributed by atoms with Crippen LogP contribution in [0, 0.1) is 0 Å². The molecule has 1 aliphatic heterocycles. The number of nitrogens with two attached hydrogens (primary N) is 1. The molecule has 1 aromatic rings. The van der Waals surface area contributed by atoms with Gasteiger partial charge in [-0.3, -0.25) is 4.79 Å². The van der Waals surface area contributed by atoms with Gasteiger partial charge in [0, 0.05) is 23.6 Å². The normalized spacial score (nSPS) is 21.0. The molecule has 2 unspecified atom stereocenters. The molecule has 104 valence electrons. The Hall–Kier alpha value is -1.07. The molecule has 1 fully saturated rings. The molecular formula is C14H19BrN2O2. The molecule has 0 bridgehead atoms. The summed E-state index contributed by atoms with van der Waals surface area (Å²) in [4.78, 5) is 14.1. The van der Waals surface area contributed by atoms with Gasteiger partial charge in [-0.05, 0) is 38.0 Å². The molecule has 1 aliphatic rings. The number of piperidine rings is 1. The van der Waals surface area contributed by atoms with Crippen molar-refractivity contribution in [1.82, 2.24) is 4.90 Å². The number of halogens is 1. The Bertz CT molecular complexity index is 453. The van der Waals surface area contributed by atoms with Crippen molar-refractivity contribution in [1.29, 1.82) is 0 Å². The monoisotopic (exact) mass is 326 g/mol. The molecule has 1 saturated heterocycles. The van der Waals surface area contributed by atoms with Crippen LogP contribution < -0.4 is 10.5 Å². The fourth-order valence-corrected chi connectivity index (χ4v) is 2.64. The Morgan fingerprint density at radius 3 is 3.05 bits per heavy atom. The first-order chi connectivity index (χ1) is 9.06. The highest BCUT2D eigenvalue weighted by molar-refractivity contribution is 9.10. The predicted octanol–water partition coefficient (Wildman–Crippen LogP) is 2.17. The van der Waals surface area contributed by atoms with Crippen LogP contribution in [0.15, 0.2) is 28.7 Å². The van der Waals surface area contributed by atoms with E-state index in [1.165, 1.54) is 0 Å². The van der Waals surface area contributed by atoms with Crippen molar-refractivity contribution in [3.05, 3.63) is 28.7 Å². The molecule has 0 radical (unpaired) electrons. The van der Waals surface area contributed by atoms with Crippen LogP contribution >= 0.6 is 15.9 Å². The fourth-order valence-electron chi connectivity index (χ4n) is 2.26. The van der Waals surface area contributed by atoms with E-state index in [2.05, 4.69) is 15.9 Å². The highest BCUT2D eigenvalue weighted by Gasteiger charge is 2.26. The lowest BCUT2D eigenvalue weighted by molar-refractivity contribution is -0.139. The van der Waals surface area contributed by atoms with E-state index in [4.69, 9.17) is 10.5 Å². The zero-order valence-corrected chi connectivity index (χ0v) is 12.6. The van der Waals surface area contributed by atoms with Crippen LogP contribution in [0.5, 0.6) is 5.75 Å². The smallest absolute Gasteiger partial charge is 0.263 e. The molecular weight excluding hydrogens is 308 g/mol. The Morgan fingerprint density at radius 1 is 1.58 bits per heavy atom. The molecule has 0 saturated carbocycles. The zero-order valence-electron chi connectivity index (χ0n) is 11.0. The first-order valence-corrected chi connectivity index (χ1v) is 7.32. The van der Waals surface area contributed by atoms with E-state index in [1.807, 2.05) is 24.3 Å². The lowest BCUT2D eigenvalue weighted by atomic mass is 10.1. The molecule has 1 amide bonds. The number of rotatable bonds is 3. The van der Waals surface area contributed by atoms with Crippen LogP contribution in [0.1, 0.15) is 19.8 Å². The molecule has 2 rings (SSSR count). The number of benzene rings is 1. The van der Waals surface area contributed by atoms with Gasteiger partial charge >= 0.3 is 0 Å². The number of carbonyl (C=O) groups excluding carboxylic acids is 1. The largest absolute Gasteiger partial charge is 0.481 e. The summed E-state index contributed by atoms with van der Waals surface area (Å²) in [5.41, 5.74) is 5.89. The lowest BCUT2D eigenvalue weighted by Gasteiger charge is -2.32. The van der Waals surface area contributed by atoms with Gasteiger partial charge < -0.3 is 15.4 Å². The van der Waals surface area contributed by atoms with Gasteiger partial charge in [-0.1, -0.05) is 22.0 Å². The van der Waals surface area contributed by atoms with E-state index in [1.54, 1.807) is 11.8 Å². The van der Waals surface area contributed by atoms with Crippen LogP contribution in [0.25, 0.3) is 0 Å². The number of ether oxygens (including phenoxy) is 1. The van der Waals surface area contributed by atoms with Crippen molar-refractivity contribution in [2.24, 2.45) is 5.73 Å². The molecule has 4 nitrogen and oxygen atoms in total. The Kier molecular flexibility index (Phi) is 4.82. The van der Waals surface area contributed by atoms with Gasteiger partial charge in [-0.2, -0.15) is 0 Å². The molecule has 0 aliphatic carbocycles. The van der Waals surface area contributed by atoms with E-state index < -0.39 is 6.10 Å². The number of amides is 1. The minimum Gasteiger partial charge on any atom is -0.481 e. The predicted molar refractivity (Wildman–Crippen MR) is 78.0 cm³/mol. The highest BCUT2D eigenvalue weighted by atomic mass is 79.9. The number of likely N-dealkylation sites (tertiary alicyclic amines) is 1. The van der Waals surface area contributed by atoms with Crippen LogP contribution in [0.2, 0.25) is 0 Å². The molecule has 1 heterocycles. The summed E-state index contributed by atoms with van der Waals surface area (Å²) in [6.07, 6.45) is 1.47. The van der Waals surface area contributed by atoms with Crippen molar-refractivity contribution in [2.75, 3.05) is 13.1 Å². The topological polar surface area (TPSA) is 55.6 Å². The molecule has 5 heteroatoms. The summed E-state index contributed by atoms with van der Waals surface area (Å²) in [5.74, 6) is 0.701. The molecule has 2 atom stereocenters. The summed E-state index contributed by atoms with van der Waals surface area (Å²) in [5, 5.41) is 0. The van der Waals surface area contributed by atoms with E-state index in [0.717, 1.165) is 23.9 Å². The molecule has 2 N–H and O–H groups in total. The van der Waals surface area contributed by atoms with Gasteiger partial charge in [-0.15, -0.1) is 0 Å².